The highest BCUT2D eigenvalue weighted by molar-refractivity contribution is 7.89. The first-order valence-corrected chi connectivity index (χ1v) is 8.34. The van der Waals surface area contributed by atoms with Crippen LogP contribution in [-0.4, -0.2) is 27.0 Å². The van der Waals surface area contributed by atoms with Crippen molar-refractivity contribution < 1.29 is 17.9 Å². The third-order valence-electron chi connectivity index (χ3n) is 2.95. The summed E-state index contributed by atoms with van der Waals surface area (Å²) in [6.45, 7) is 5.50. The number of sulfonamides is 1. The van der Waals surface area contributed by atoms with Crippen molar-refractivity contribution in [3.8, 4) is 5.75 Å². The van der Waals surface area contributed by atoms with E-state index in [-0.39, 0.29) is 23.5 Å². The summed E-state index contributed by atoms with van der Waals surface area (Å²) in [7, 11) is -3.74. The first-order chi connectivity index (χ1) is 9.74. The van der Waals surface area contributed by atoms with Crippen molar-refractivity contribution >= 4 is 15.9 Å². The Kier molecular flexibility index (Phi) is 6.17. The molecule has 1 aromatic carbocycles. The van der Waals surface area contributed by atoms with Crippen LogP contribution >= 0.6 is 0 Å². The van der Waals surface area contributed by atoms with Gasteiger partial charge in [-0.2, -0.15) is 0 Å². The quantitative estimate of drug-likeness (QED) is 0.793. The summed E-state index contributed by atoms with van der Waals surface area (Å²) in [5, 5.41) is 7.90. The maximum absolute atomic E-state index is 11.7. The smallest absolute Gasteiger partial charge is 0.258 e. The van der Waals surface area contributed by atoms with E-state index in [9.17, 15) is 13.2 Å². The summed E-state index contributed by atoms with van der Waals surface area (Å²) in [5.41, 5.74) is 0.481. The number of amides is 1. The zero-order valence-corrected chi connectivity index (χ0v) is 13.4. The maximum atomic E-state index is 11.7. The van der Waals surface area contributed by atoms with Gasteiger partial charge in [0, 0.05) is 6.04 Å². The highest BCUT2D eigenvalue weighted by atomic mass is 32.2. The molecule has 118 valence electrons. The van der Waals surface area contributed by atoms with Crippen molar-refractivity contribution in [3.63, 3.8) is 0 Å². The summed E-state index contributed by atoms with van der Waals surface area (Å²) in [6, 6.07) is 4.51. The zero-order chi connectivity index (χ0) is 16.0. The van der Waals surface area contributed by atoms with Crippen LogP contribution in [0, 0.1) is 6.92 Å². The van der Waals surface area contributed by atoms with Gasteiger partial charge in [-0.05, 0) is 44.0 Å². The Bertz CT molecular complexity index is 599. The van der Waals surface area contributed by atoms with Gasteiger partial charge < -0.3 is 10.1 Å². The second kappa shape index (κ2) is 7.42. The fourth-order valence-corrected chi connectivity index (χ4v) is 2.77. The highest BCUT2D eigenvalue weighted by Crippen LogP contribution is 2.20. The molecule has 0 saturated carbocycles. The Morgan fingerprint density at radius 3 is 2.62 bits per heavy atom. The molecule has 0 aromatic heterocycles. The molecule has 1 atom stereocenters. The summed E-state index contributed by atoms with van der Waals surface area (Å²) in [4.78, 5) is 11.7. The van der Waals surface area contributed by atoms with E-state index in [1.807, 2.05) is 6.92 Å². The van der Waals surface area contributed by atoms with Gasteiger partial charge in [-0.3, -0.25) is 4.79 Å². The minimum Gasteiger partial charge on any atom is -0.484 e. The lowest BCUT2D eigenvalue weighted by Crippen LogP contribution is -2.35. The molecule has 0 aliphatic heterocycles. The lowest BCUT2D eigenvalue weighted by molar-refractivity contribution is -0.123. The highest BCUT2D eigenvalue weighted by Gasteiger charge is 2.12. The van der Waals surface area contributed by atoms with Crippen LogP contribution in [0.3, 0.4) is 0 Å². The van der Waals surface area contributed by atoms with Gasteiger partial charge in [0.15, 0.2) is 6.61 Å². The monoisotopic (exact) mass is 314 g/mol. The van der Waals surface area contributed by atoms with Gasteiger partial charge in [-0.25, -0.2) is 13.6 Å². The molecule has 21 heavy (non-hydrogen) atoms. The van der Waals surface area contributed by atoms with E-state index in [0.29, 0.717) is 11.3 Å². The van der Waals surface area contributed by atoms with Gasteiger partial charge in [0.05, 0.1) is 4.90 Å². The van der Waals surface area contributed by atoms with Gasteiger partial charge in [0.2, 0.25) is 10.0 Å². The van der Waals surface area contributed by atoms with Crippen molar-refractivity contribution in [2.75, 3.05) is 6.61 Å². The minimum atomic E-state index is -3.74. The first kappa shape index (κ1) is 17.5. The number of carbonyl (C=O) groups is 1. The topological polar surface area (TPSA) is 98.5 Å². The van der Waals surface area contributed by atoms with Crippen LogP contribution in [0.2, 0.25) is 0 Å². The molecule has 0 bridgehead atoms. The van der Waals surface area contributed by atoms with E-state index in [2.05, 4.69) is 12.2 Å². The molecular weight excluding hydrogens is 292 g/mol. The van der Waals surface area contributed by atoms with Crippen LogP contribution < -0.4 is 15.2 Å². The van der Waals surface area contributed by atoms with Crippen LogP contribution in [0.1, 0.15) is 32.3 Å². The average Bonchev–Trinajstić information content (AvgIpc) is 2.35. The number of aryl methyl sites for hydroxylation is 1. The van der Waals surface area contributed by atoms with Gasteiger partial charge in [0.25, 0.3) is 5.91 Å². The molecule has 0 radical (unpaired) electrons. The first-order valence-electron chi connectivity index (χ1n) is 6.79. The van der Waals surface area contributed by atoms with Crippen LogP contribution in [0.5, 0.6) is 5.75 Å². The summed E-state index contributed by atoms with van der Waals surface area (Å²) in [5.74, 6) is 0.224. The predicted molar refractivity (Wildman–Crippen MR) is 80.6 cm³/mol. The third-order valence-corrected chi connectivity index (χ3v) is 4.02. The molecule has 3 N–H and O–H groups in total. The maximum Gasteiger partial charge on any atom is 0.258 e. The fourth-order valence-electron chi connectivity index (χ4n) is 2.00. The Balaban J connectivity index is 2.61. The standard InChI is InChI=1S/C14H22N2O4S/c1-4-5-11(3)16-14(17)9-20-12-6-7-13(10(2)8-12)21(15,18)19/h6-8,11H,4-5,9H2,1-3H3,(H,16,17)(H2,15,18,19). The number of nitrogens with two attached hydrogens (primary N) is 1. The lowest BCUT2D eigenvalue weighted by atomic mass is 10.2. The van der Waals surface area contributed by atoms with Gasteiger partial charge in [-0.15, -0.1) is 0 Å². The van der Waals surface area contributed by atoms with E-state index < -0.39 is 10.0 Å². The van der Waals surface area contributed by atoms with E-state index in [0.717, 1.165) is 12.8 Å². The minimum absolute atomic E-state index is 0.0517. The lowest BCUT2D eigenvalue weighted by Gasteiger charge is -2.13. The van der Waals surface area contributed by atoms with Crippen LogP contribution in [0.4, 0.5) is 0 Å². The second-order valence-electron chi connectivity index (χ2n) is 5.02. The number of hydrogen-bond acceptors (Lipinski definition) is 4. The predicted octanol–water partition coefficient (Wildman–Crippen LogP) is 1.33. The van der Waals surface area contributed by atoms with Gasteiger partial charge in [0.1, 0.15) is 5.75 Å². The number of nitrogens with one attached hydrogen (secondary N) is 1. The van der Waals surface area contributed by atoms with Crippen molar-refractivity contribution in [1.29, 1.82) is 0 Å². The second-order valence-corrected chi connectivity index (χ2v) is 6.55. The molecule has 6 nitrogen and oxygen atoms in total. The molecule has 1 amide bonds. The number of ether oxygens (including phenoxy) is 1. The van der Waals surface area contributed by atoms with Crippen LogP contribution in [-0.2, 0) is 14.8 Å². The molecule has 0 aliphatic carbocycles. The van der Waals surface area contributed by atoms with E-state index >= 15 is 0 Å². The molecule has 0 aliphatic rings. The number of primary sulfonamides is 1. The van der Waals surface area contributed by atoms with E-state index in [1.165, 1.54) is 12.1 Å². The SMILES string of the molecule is CCCC(C)NC(=O)COc1ccc(S(N)(=O)=O)c(C)c1. The summed E-state index contributed by atoms with van der Waals surface area (Å²) >= 11 is 0. The molecular formula is C14H22N2O4S. The van der Waals surface area contributed by atoms with Crippen molar-refractivity contribution in [2.45, 2.75) is 44.6 Å². The summed E-state index contributed by atoms with van der Waals surface area (Å²) < 4.78 is 27.9. The Hall–Kier alpha value is -1.60. The molecule has 1 unspecified atom stereocenters. The van der Waals surface area contributed by atoms with E-state index in [1.54, 1.807) is 13.0 Å². The van der Waals surface area contributed by atoms with Gasteiger partial charge in [-0.1, -0.05) is 13.3 Å². The Morgan fingerprint density at radius 1 is 1.43 bits per heavy atom. The van der Waals surface area contributed by atoms with Gasteiger partial charge >= 0.3 is 0 Å². The van der Waals surface area contributed by atoms with Crippen LogP contribution in [0.15, 0.2) is 23.1 Å². The number of hydrogen-bond donors (Lipinski definition) is 2. The number of rotatable bonds is 7. The molecule has 7 heteroatoms. The molecule has 0 heterocycles. The Morgan fingerprint density at radius 2 is 2.10 bits per heavy atom. The molecule has 0 spiro atoms. The van der Waals surface area contributed by atoms with Crippen molar-refractivity contribution in [1.82, 2.24) is 5.32 Å². The molecule has 1 rings (SSSR count). The largest absolute Gasteiger partial charge is 0.484 e. The normalized spacial score (nSPS) is 12.8. The molecule has 0 fully saturated rings. The fraction of sp³-hybridized carbons (Fsp3) is 0.500. The van der Waals surface area contributed by atoms with Crippen LogP contribution in [0.25, 0.3) is 0 Å². The number of carbonyl (C=O) groups excluding carboxylic acids is 1. The zero-order valence-electron chi connectivity index (χ0n) is 12.5. The number of benzene rings is 1. The summed E-state index contributed by atoms with van der Waals surface area (Å²) in [6.07, 6.45) is 1.91. The van der Waals surface area contributed by atoms with Crippen molar-refractivity contribution in [2.24, 2.45) is 5.14 Å². The van der Waals surface area contributed by atoms with Crippen molar-refractivity contribution in [3.05, 3.63) is 23.8 Å². The Labute approximate surface area is 125 Å². The average molecular weight is 314 g/mol. The van der Waals surface area contributed by atoms with E-state index in [4.69, 9.17) is 9.88 Å². The molecule has 1 aromatic rings. The molecule has 0 saturated heterocycles. The third kappa shape index (κ3) is 5.73.